The van der Waals surface area contributed by atoms with Crippen LogP contribution in [0.4, 0.5) is 35.1 Å². The summed E-state index contributed by atoms with van der Waals surface area (Å²) in [5.41, 5.74) is -1.24. The number of likely N-dealkylation sites (tertiary alicyclic amines) is 4. The molecule has 7 aromatic rings. The van der Waals surface area contributed by atoms with Gasteiger partial charge in [0.25, 0.3) is 27.8 Å². The van der Waals surface area contributed by atoms with E-state index in [4.69, 9.17) is 0 Å². The van der Waals surface area contributed by atoms with E-state index in [2.05, 4.69) is 26.0 Å². The number of halogens is 8. The van der Waals surface area contributed by atoms with Crippen molar-refractivity contribution in [1.29, 1.82) is 5.26 Å². The molecule has 0 radical (unpaired) electrons. The Bertz CT molecular complexity index is 4740. The molecule has 528 valence electrons. The van der Waals surface area contributed by atoms with E-state index >= 15 is 0 Å². The molecule has 5 amide bonds. The number of aromatic nitrogens is 5. The predicted molar refractivity (Wildman–Crippen MR) is 346 cm³/mol. The lowest BCUT2D eigenvalue weighted by molar-refractivity contribution is -0.205. The lowest BCUT2D eigenvalue weighted by atomic mass is 9.71. The maximum absolute atomic E-state index is 14.6. The van der Waals surface area contributed by atoms with Gasteiger partial charge in [-0.3, -0.25) is 38.3 Å². The van der Waals surface area contributed by atoms with Crippen molar-refractivity contribution in [3.8, 4) is 17.3 Å². The van der Waals surface area contributed by atoms with Gasteiger partial charge >= 0.3 is 12.4 Å². The number of pyridine rings is 1. The number of carbonyl (C=O) groups excluding carboxylic acids is 5. The van der Waals surface area contributed by atoms with Gasteiger partial charge in [0, 0.05) is 93.5 Å². The average molecular weight is 1430 g/mol. The first-order valence-electron chi connectivity index (χ1n) is 33.1. The van der Waals surface area contributed by atoms with Crippen LogP contribution in [0.15, 0.2) is 145 Å². The van der Waals surface area contributed by atoms with Crippen LogP contribution in [0.5, 0.6) is 0 Å². The fourth-order valence-electron chi connectivity index (χ4n) is 15.8. The third kappa shape index (κ3) is 13.5. The number of alkyl halides is 8. The van der Waals surface area contributed by atoms with Crippen molar-refractivity contribution < 1.29 is 75.9 Å². The topological polar surface area (TPSA) is 251 Å². The van der Waals surface area contributed by atoms with E-state index in [0.29, 0.717) is 48.9 Å². The van der Waals surface area contributed by atoms with E-state index in [9.17, 15) is 81.2 Å². The maximum Gasteiger partial charge on any atom is 0.416 e. The Kier molecular flexibility index (Phi) is 17.2. The summed E-state index contributed by atoms with van der Waals surface area (Å²) in [6.07, 6.45) is -2.42. The van der Waals surface area contributed by atoms with Crippen molar-refractivity contribution in [2.45, 2.75) is 98.8 Å². The normalized spacial score (nSPS) is 22.5. The Morgan fingerprint density at radius 1 is 0.663 bits per heavy atom. The first-order valence-corrected chi connectivity index (χ1v) is 36.4. The molecule has 7 heterocycles. The van der Waals surface area contributed by atoms with E-state index in [1.165, 1.54) is 80.4 Å². The largest absolute Gasteiger partial charge is 0.416 e. The summed E-state index contributed by atoms with van der Waals surface area (Å²) in [7, 11) is -8.73. The highest BCUT2D eigenvalue weighted by atomic mass is 32.2. The summed E-state index contributed by atoms with van der Waals surface area (Å²) in [5.74, 6) is -12.0. The smallest absolute Gasteiger partial charge is 0.341 e. The van der Waals surface area contributed by atoms with E-state index in [0.717, 1.165) is 33.7 Å². The molecule has 2 spiro atoms. The Balaban J connectivity index is 0.648. The number of hydrogen-bond acceptors (Lipinski definition) is 13. The molecule has 101 heavy (non-hydrogen) atoms. The van der Waals surface area contributed by atoms with Gasteiger partial charge in [-0.2, -0.15) is 41.8 Å². The lowest BCUT2D eigenvalue weighted by Crippen LogP contribution is -2.65. The van der Waals surface area contributed by atoms with Gasteiger partial charge in [0.15, 0.2) is 9.84 Å². The minimum absolute atomic E-state index is 0.0614. The molecule has 1 N–H and O–H groups in total. The molecule has 7 fully saturated rings. The number of carbonyl (C=O) groups is 5. The number of benzene rings is 4. The molecule has 3 saturated carbocycles. The van der Waals surface area contributed by atoms with Gasteiger partial charge in [-0.05, 0) is 115 Å². The van der Waals surface area contributed by atoms with Crippen LogP contribution < -0.4 is 4.72 Å². The second-order valence-electron chi connectivity index (χ2n) is 28.4. The number of hydrogen-bond donors (Lipinski definition) is 1. The Morgan fingerprint density at radius 3 is 1.93 bits per heavy atom. The van der Waals surface area contributed by atoms with Crippen LogP contribution in [0.3, 0.4) is 0 Å². The molecule has 4 saturated heterocycles. The molecule has 0 bridgehead atoms. The molecular weight excluding hydrogens is 1370 g/mol. The number of rotatable bonds is 18. The standard InChI is InChI=1S/C71H67F8N11O9S2/c72-69(73)26-58(69)64(94)87-42-67(43-87)41-86(63(93)51-28-81-89(32-51)30-44-7-2-1-3-8-44)35-59(67)61(91)84-101(98,99)56-13-5-10-48(25-56)47-9-4-11-49(24-47)57-23-45(27-80)15-16-50(57)31-90-33-52(29-82-90)62(92)85-34-54(66(38-85)39-88(40-66)65(95)68(21-22-68)71(77,78)79)36-100(96,97)37-55-12-6-14-60(83-55)46-17-19-53(20-18-46)70(74,75)76/h1-3,5-8,10,12-20,23,25,28-29,32-33,47,49,54,58-59H,4,9,11,21-22,24,26,30-31,34-43H2,(H,84,91)/t47?,49?,54?,58-,59?/m1/s1. The number of nitriles is 1. The van der Waals surface area contributed by atoms with Gasteiger partial charge in [-0.15, -0.1) is 0 Å². The van der Waals surface area contributed by atoms with Gasteiger partial charge in [0.05, 0.1) is 87.5 Å². The molecular formula is C71H67F8N11O9S2. The van der Waals surface area contributed by atoms with E-state index in [1.807, 2.05) is 30.3 Å². The molecule has 3 aromatic heterocycles. The summed E-state index contributed by atoms with van der Waals surface area (Å²) in [5, 5.41) is 19.0. The van der Waals surface area contributed by atoms with Gasteiger partial charge in [0.1, 0.15) is 11.3 Å². The molecule has 14 rings (SSSR count). The summed E-state index contributed by atoms with van der Waals surface area (Å²) in [6, 6.07) is 31.7. The van der Waals surface area contributed by atoms with E-state index < -0.39 is 125 Å². The van der Waals surface area contributed by atoms with E-state index in [-0.39, 0.29) is 111 Å². The second-order valence-corrected chi connectivity index (χ2v) is 32.2. The average Bonchev–Trinajstić information content (AvgIpc) is 1.52. The minimum Gasteiger partial charge on any atom is -0.341 e. The first-order chi connectivity index (χ1) is 47.8. The van der Waals surface area contributed by atoms with Gasteiger partial charge in [-0.1, -0.05) is 73.2 Å². The quantitative estimate of drug-likeness (QED) is 0.0787. The molecule has 3 aliphatic carbocycles. The highest BCUT2D eigenvalue weighted by Gasteiger charge is 2.72. The zero-order valence-electron chi connectivity index (χ0n) is 54.1. The zero-order valence-corrected chi connectivity index (χ0v) is 55.7. The van der Waals surface area contributed by atoms with Crippen molar-refractivity contribution >= 4 is 49.4 Å². The number of nitrogens with one attached hydrogen (secondary N) is 1. The second kappa shape index (κ2) is 25.3. The fraction of sp³-hybridized carbons (Fsp3) is 0.423. The molecule has 5 atom stereocenters. The van der Waals surface area contributed by atoms with Crippen LogP contribution in [0.25, 0.3) is 11.3 Å². The molecule has 4 aromatic carbocycles. The third-order valence-electron chi connectivity index (χ3n) is 21.5. The number of sulfone groups is 1. The summed E-state index contributed by atoms with van der Waals surface area (Å²) in [4.78, 5) is 79.1. The van der Waals surface area contributed by atoms with Crippen molar-refractivity contribution in [3.63, 3.8) is 0 Å². The summed E-state index contributed by atoms with van der Waals surface area (Å²) < 4.78 is 173. The number of sulfonamides is 1. The molecule has 20 nitrogen and oxygen atoms in total. The van der Waals surface area contributed by atoms with Crippen molar-refractivity contribution in [1.82, 2.24) is 48.9 Å². The number of amides is 5. The van der Waals surface area contributed by atoms with Crippen molar-refractivity contribution in [2.75, 3.05) is 58.1 Å². The predicted octanol–water partition coefficient (Wildman–Crippen LogP) is 9.49. The van der Waals surface area contributed by atoms with Gasteiger partial charge in [-0.25, -0.2) is 30.3 Å². The molecule has 7 aliphatic rings. The Labute approximate surface area is 575 Å². The molecule has 4 aliphatic heterocycles. The Morgan fingerprint density at radius 2 is 1.29 bits per heavy atom. The summed E-state index contributed by atoms with van der Waals surface area (Å²) >= 11 is 0. The monoisotopic (exact) mass is 1430 g/mol. The lowest BCUT2D eigenvalue weighted by Gasteiger charge is -2.52. The van der Waals surface area contributed by atoms with Crippen molar-refractivity contribution in [2.24, 2.45) is 34.0 Å². The Hall–Kier alpha value is -9.37. The van der Waals surface area contributed by atoms with Gasteiger partial charge < -0.3 is 19.6 Å². The number of nitrogens with zero attached hydrogens (tertiary/aromatic N) is 10. The highest BCUT2D eigenvalue weighted by Crippen LogP contribution is 2.60. The van der Waals surface area contributed by atoms with Crippen LogP contribution in [-0.2, 0) is 59.3 Å². The van der Waals surface area contributed by atoms with E-state index in [1.54, 1.807) is 41.2 Å². The SMILES string of the molecule is N#Cc1ccc(Cn2cc(C(=O)N3CC(CS(=O)(=O)Cc4cccc(-c5ccc(C(F)(F)F)cc5)n4)C4(C3)CN(C(=O)C3(C(F)(F)F)CC3)C4)cn2)c(C2CCCC(c3cccc(S(=O)(=O)NC(=O)C4CN(C(=O)c5cnn(Cc6ccccc6)c5)CC45CN(C(=O)[C@H]4CC4(F)F)C5)c3)C2)c1. The van der Waals surface area contributed by atoms with Crippen LogP contribution in [0.1, 0.15) is 117 Å². The van der Waals surface area contributed by atoms with Crippen molar-refractivity contribution in [3.05, 3.63) is 190 Å². The first kappa shape index (κ1) is 68.7. The van der Waals surface area contributed by atoms with Crippen LogP contribution in [0, 0.1) is 45.3 Å². The maximum atomic E-state index is 14.6. The van der Waals surface area contributed by atoms with Gasteiger partial charge in [0.2, 0.25) is 17.7 Å². The zero-order chi connectivity index (χ0) is 71.4. The fourth-order valence-corrected chi connectivity index (χ4v) is 18.7. The van der Waals surface area contributed by atoms with Crippen LogP contribution >= 0.6 is 0 Å². The van der Waals surface area contributed by atoms with Crippen LogP contribution in [0.2, 0.25) is 0 Å². The molecule has 4 unspecified atom stereocenters. The summed E-state index contributed by atoms with van der Waals surface area (Å²) in [6.45, 7) is -0.828. The highest BCUT2D eigenvalue weighted by molar-refractivity contribution is 7.90. The third-order valence-corrected chi connectivity index (χ3v) is 24.5. The van der Waals surface area contributed by atoms with Crippen LogP contribution in [-0.4, -0.2) is 161 Å². The minimum atomic E-state index is -4.80. The molecule has 30 heteroatoms.